The first-order valence-corrected chi connectivity index (χ1v) is 9.78. The summed E-state index contributed by atoms with van der Waals surface area (Å²) < 4.78 is 18.0. The van der Waals surface area contributed by atoms with Crippen LogP contribution in [-0.2, 0) is 14.2 Å². The molecule has 1 saturated carbocycles. The molecule has 0 bridgehead atoms. The van der Waals surface area contributed by atoms with E-state index in [0.29, 0.717) is 13.0 Å². The Balaban J connectivity index is 1.74. The fourth-order valence-corrected chi connectivity index (χ4v) is 4.95. The Morgan fingerprint density at radius 2 is 1.96 bits per heavy atom. The number of nitrogens with zero attached hydrogens (tertiary/aromatic N) is 1. The van der Waals surface area contributed by atoms with Crippen LogP contribution in [-0.4, -0.2) is 66.3 Å². The van der Waals surface area contributed by atoms with Gasteiger partial charge in [-0.2, -0.15) is 0 Å². The van der Waals surface area contributed by atoms with Gasteiger partial charge in [0.15, 0.2) is 18.4 Å². The molecule has 6 nitrogen and oxygen atoms in total. The maximum absolute atomic E-state index is 11.6. The van der Waals surface area contributed by atoms with Crippen LogP contribution < -0.4 is 0 Å². The number of hydrogen-bond acceptors (Lipinski definition) is 6. The third kappa shape index (κ3) is 3.89. The zero-order valence-corrected chi connectivity index (χ0v) is 16.1. The standard InChI is InChI=1S/C19H35NO5/c1-13-15-8-5-7-14-9-10-18(2,21)25-17(19(14,15)22)24-16(13)23-12-6-11-20(3)4/h13-17,21-22H,5-12H2,1-4H3/t13-,14?,15?,16?,17-,18?,19-/m1/s1. The van der Waals surface area contributed by atoms with Crippen molar-refractivity contribution in [3.05, 3.63) is 0 Å². The van der Waals surface area contributed by atoms with E-state index >= 15 is 0 Å². The molecule has 2 aliphatic heterocycles. The minimum atomic E-state index is -1.27. The minimum Gasteiger partial charge on any atom is -0.384 e. The van der Waals surface area contributed by atoms with Gasteiger partial charge >= 0.3 is 0 Å². The van der Waals surface area contributed by atoms with Crippen molar-refractivity contribution in [2.45, 2.75) is 76.3 Å². The quantitative estimate of drug-likeness (QED) is 0.733. The predicted molar refractivity (Wildman–Crippen MR) is 93.7 cm³/mol. The van der Waals surface area contributed by atoms with Crippen molar-refractivity contribution < 1.29 is 24.4 Å². The normalized spacial score (nSPS) is 47.4. The Morgan fingerprint density at radius 3 is 2.68 bits per heavy atom. The van der Waals surface area contributed by atoms with Crippen LogP contribution in [0.4, 0.5) is 0 Å². The summed E-state index contributed by atoms with van der Waals surface area (Å²) in [5.74, 6) is -0.964. The molecule has 0 aromatic heterocycles. The van der Waals surface area contributed by atoms with Crippen LogP contribution in [0.3, 0.4) is 0 Å². The van der Waals surface area contributed by atoms with E-state index in [0.717, 1.165) is 38.6 Å². The summed E-state index contributed by atoms with van der Waals surface area (Å²) in [6, 6.07) is 0. The molecule has 2 heterocycles. The second-order valence-electron chi connectivity index (χ2n) is 8.68. The van der Waals surface area contributed by atoms with Crippen molar-refractivity contribution in [1.29, 1.82) is 0 Å². The maximum Gasteiger partial charge on any atom is 0.193 e. The van der Waals surface area contributed by atoms with Crippen molar-refractivity contribution in [3.63, 3.8) is 0 Å². The van der Waals surface area contributed by atoms with E-state index in [1.807, 2.05) is 14.1 Å². The molecule has 0 aromatic carbocycles. The Morgan fingerprint density at radius 1 is 1.20 bits per heavy atom. The molecule has 3 aliphatic rings. The summed E-state index contributed by atoms with van der Waals surface area (Å²) in [6.07, 6.45) is 4.02. The molecule has 2 saturated heterocycles. The molecule has 0 spiro atoms. The highest BCUT2D eigenvalue weighted by molar-refractivity contribution is 5.05. The van der Waals surface area contributed by atoms with E-state index in [1.165, 1.54) is 0 Å². The minimum absolute atomic E-state index is 0.0812. The van der Waals surface area contributed by atoms with E-state index in [2.05, 4.69) is 11.8 Å². The summed E-state index contributed by atoms with van der Waals surface area (Å²) in [6.45, 7) is 5.36. The van der Waals surface area contributed by atoms with Gasteiger partial charge in [0.25, 0.3) is 0 Å². The van der Waals surface area contributed by atoms with Crippen LogP contribution in [0.5, 0.6) is 0 Å². The van der Waals surface area contributed by atoms with Gasteiger partial charge in [0, 0.05) is 18.3 Å². The van der Waals surface area contributed by atoms with Crippen LogP contribution in [0.1, 0.15) is 52.4 Å². The zero-order chi connectivity index (χ0) is 18.2. The molecular weight excluding hydrogens is 322 g/mol. The van der Waals surface area contributed by atoms with Gasteiger partial charge in [-0.1, -0.05) is 13.3 Å². The van der Waals surface area contributed by atoms with Gasteiger partial charge in [-0.15, -0.1) is 0 Å². The molecule has 3 fully saturated rings. The third-order valence-electron chi connectivity index (χ3n) is 6.36. The number of ether oxygens (including phenoxy) is 3. The third-order valence-corrected chi connectivity index (χ3v) is 6.36. The number of rotatable bonds is 5. The van der Waals surface area contributed by atoms with E-state index in [-0.39, 0.29) is 17.8 Å². The molecule has 3 rings (SSSR count). The number of aliphatic hydroxyl groups is 2. The van der Waals surface area contributed by atoms with Gasteiger partial charge in [-0.05, 0) is 59.2 Å². The van der Waals surface area contributed by atoms with Crippen LogP contribution in [0.25, 0.3) is 0 Å². The van der Waals surface area contributed by atoms with Crippen molar-refractivity contribution in [3.8, 4) is 0 Å². The van der Waals surface area contributed by atoms with Crippen LogP contribution >= 0.6 is 0 Å². The smallest absolute Gasteiger partial charge is 0.193 e. The molecule has 0 radical (unpaired) electrons. The average Bonchev–Trinajstić information content (AvgIpc) is 2.63. The molecule has 0 aromatic rings. The van der Waals surface area contributed by atoms with Gasteiger partial charge in [0.1, 0.15) is 5.60 Å². The van der Waals surface area contributed by atoms with Gasteiger partial charge < -0.3 is 29.3 Å². The lowest BCUT2D eigenvalue weighted by Gasteiger charge is -2.55. The average molecular weight is 357 g/mol. The Kier molecular flexibility index (Phi) is 5.78. The SMILES string of the molecule is C[C@H]1C(OCCCN(C)C)O[C@@H]2OC(C)(O)CCC3CCCC1[C@]32O. The number of hydrogen-bond donors (Lipinski definition) is 2. The Bertz CT molecular complexity index is 457. The molecular formula is C19H35NO5. The summed E-state index contributed by atoms with van der Waals surface area (Å²) in [5, 5.41) is 22.1. The first-order valence-electron chi connectivity index (χ1n) is 9.78. The van der Waals surface area contributed by atoms with Crippen LogP contribution in [0, 0.1) is 17.8 Å². The fraction of sp³-hybridized carbons (Fsp3) is 1.00. The van der Waals surface area contributed by atoms with Gasteiger partial charge in [-0.25, -0.2) is 0 Å². The summed E-state index contributed by atoms with van der Waals surface area (Å²) >= 11 is 0. The molecule has 1 aliphatic carbocycles. The predicted octanol–water partition coefficient (Wildman–Crippen LogP) is 1.94. The molecule has 7 atom stereocenters. The van der Waals surface area contributed by atoms with Crippen molar-refractivity contribution in [1.82, 2.24) is 4.90 Å². The molecule has 2 N–H and O–H groups in total. The highest BCUT2D eigenvalue weighted by Gasteiger charge is 2.62. The Hall–Kier alpha value is -0.240. The zero-order valence-electron chi connectivity index (χ0n) is 16.1. The van der Waals surface area contributed by atoms with Gasteiger partial charge in [0.05, 0.1) is 6.61 Å². The summed E-state index contributed by atoms with van der Waals surface area (Å²) in [7, 11) is 4.09. The fourth-order valence-electron chi connectivity index (χ4n) is 4.95. The first-order chi connectivity index (χ1) is 11.7. The topological polar surface area (TPSA) is 71.4 Å². The maximum atomic E-state index is 11.6. The van der Waals surface area contributed by atoms with Crippen LogP contribution in [0.15, 0.2) is 0 Å². The largest absolute Gasteiger partial charge is 0.384 e. The van der Waals surface area contributed by atoms with E-state index in [4.69, 9.17) is 14.2 Å². The van der Waals surface area contributed by atoms with Gasteiger partial charge in [-0.3, -0.25) is 0 Å². The molecule has 146 valence electrons. The van der Waals surface area contributed by atoms with E-state index < -0.39 is 24.0 Å². The lowest BCUT2D eigenvalue weighted by atomic mass is 9.61. The Labute approximate surface area is 151 Å². The monoisotopic (exact) mass is 357 g/mol. The van der Waals surface area contributed by atoms with E-state index in [1.54, 1.807) is 6.92 Å². The van der Waals surface area contributed by atoms with Crippen molar-refractivity contribution >= 4 is 0 Å². The van der Waals surface area contributed by atoms with Crippen molar-refractivity contribution in [2.24, 2.45) is 17.8 Å². The molecule has 6 heteroatoms. The van der Waals surface area contributed by atoms with Crippen LogP contribution in [0.2, 0.25) is 0 Å². The second-order valence-corrected chi connectivity index (χ2v) is 8.68. The molecule has 25 heavy (non-hydrogen) atoms. The molecule has 4 unspecified atom stereocenters. The highest BCUT2D eigenvalue weighted by atomic mass is 16.8. The lowest BCUT2D eigenvalue weighted by molar-refractivity contribution is -0.405. The first kappa shape index (κ1) is 19.5. The summed E-state index contributed by atoms with van der Waals surface area (Å²) in [4.78, 5) is 2.13. The lowest BCUT2D eigenvalue weighted by Crippen LogP contribution is -2.65. The van der Waals surface area contributed by atoms with Crippen molar-refractivity contribution in [2.75, 3.05) is 27.2 Å². The highest BCUT2D eigenvalue weighted by Crippen LogP contribution is 2.54. The second kappa shape index (κ2) is 7.41. The summed E-state index contributed by atoms with van der Waals surface area (Å²) in [5.41, 5.74) is -1.03. The van der Waals surface area contributed by atoms with Gasteiger partial charge in [0.2, 0.25) is 0 Å². The van der Waals surface area contributed by atoms with E-state index in [9.17, 15) is 10.2 Å². The molecule has 0 amide bonds.